The van der Waals surface area contributed by atoms with E-state index in [-0.39, 0.29) is 0 Å². The van der Waals surface area contributed by atoms with Crippen LogP contribution in [0.15, 0.2) is 23.4 Å². The Bertz CT molecular complexity index is 931. The molecule has 1 N–H and O–H groups in total. The highest BCUT2D eigenvalue weighted by Crippen LogP contribution is 2.25. The van der Waals surface area contributed by atoms with Crippen LogP contribution in [0, 0.1) is 13.8 Å². The third-order valence-corrected chi connectivity index (χ3v) is 8.06. The van der Waals surface area contributed by atoms with Crippen LogP contribution in [0.25, 0.3) is 0 Å². The average molecular weight is 421 g/mol. The van der Waals surface area contributed by atoms with Crippen molar-refractivity contribution in [3.8, 4) is 0 Å². The zero-order valence-corrected chi connectivity index (χ0v) is 18.0. The molecular weight excluding hydrogens is 390 g/mol. The molecule has 2 aliphatic rings. The van der Waals surface area contributed by atoms with Gasteiger partial charge in [0.1, 0.15) is 4.90 Å². The number of piperidine rings is 1. The summed E-state index contributed by atoms with van der Waals surface area (Å²) in [6.07, 6.45) is 6.51. The van der Waals surface area contributed by atoms with E-state index in [0.29, 0.717) is 30.3 Å². The Morgan fingerprint density at radius 2 is 1.66 bits per heavy atom. The van der Waals surface area contributed by atoms with Crippen molar-refractivity contribution in [2.45, 2.75) is 44.7 Å². The van der Waals surface area contributed by atoms with E-state index in [2.05, 4.69) is 20.0 Å². The lowest BCUT2D eigenvalue weighted by molar-refractivity contribution is -0.924. The van der Waals surface area contributed by atoms with E-state index < -0.39 is 10.0 Å². The Labute approximate surface area is 172 Å². The predicted molar refractivity (Wildman–Crippen MR) is 109 cm³/mol. The fourth-order valence-electron chi connectivity index (χ4n) is 4.29. The van der Waals surface area contributed by atoms with Crippen molar-refractivity contribution in [2.24, 2.45) is 0 Å². The smallest absolute Gasteiger partial charge is 0.246 e. The number of hydrogen-bond donors (Lipinski definition) is 1. The minimum Gasteiger partial charge on any atom is -0.330 e. The molecule has 29 heavy (non-hydrogen) atoms. The van der Waals surface area contributed by atoms with Gasteiger partial charge in [0, 0.05) is 25.5 Å². The maximum atomic E-state index is 13.2. The molecule has 158 valence electrons. The minimum absolute atomic E-state index is 0.398. The van der Waals surface area contributed by atoms with Gasteiger partial charge in [-0.2, -0.15) is 9.40 Å². The van der Waals surface area contributed by atoms with E-state index in [1.165, 1.54) is 4.90 Å². The Balaban J connectivity index is 1.45. The molecule has 0 radical (unpaired) electrons. The van der Waals surface area contributed by atoms with Crippen LogP contribution in [0.1, 0.15) is 30.7 Å². The van der Waals surface area contributed by atoms with Gasteiger partial charge in [0.2, 0.25) is 16.0 Å². The van der Waals surface area contributed by atoms with Crippen LogP contribution in [0.5, 0.6) is 0 Å². The summed E-state index contributed by atoms with van der Waals surface area (Å²) in [5, 5.41) is 4.59. The zero-order chi connectivity index (χ0) is 20.4. The molecule has 2 aromatic rings. The number of sulfonamides is 1. The van der Waals surface area contributed by atoms with Crippen LogP contribution < -0.4 is 9.80 Å². The van der Waals surface area contributed by atoms with E-state index in [1.54, 1.807) is 23.6 Å². The van der Waals surface area contributed by atoms with Gasteiger partial charge < -0.3 is 9.80 Å². The van der Waals surface area contributed by atoms with Crippen LogP contribution in [0.2, 0.25) is 0 Å². The first-order valence-electron chi connectivity index (χ1n) is 10.4. The monoisotopic (exact) mass is 420 g/mol. The Hall–Kier alpha value is -2.04. The van der Waals surface area contributed by atoms with Crippen molar-refractivity contribution in [1.29, 1.82) is 0 Å². The molecule has 0 aliphatic carbocycles. The van der Waals surface area contributed by atoms with Gasteiger partial charge in [-0.15, -0.1) is 0 Å². The first-order valence-corrected chi connectivity index (χ1v) is 11.8. The van der Waals surface area contributed by atoms with Crippen LogP contribution in [0.3, 0.4) is 0 Å². The highest BCUT2D eigenvalue weighted by atomic mass is 32.2. The molecule has 0 saturated carbocycles. The van der Waals surface area contributed by atoms with E-state index in [1.807, 2.05) is 17.7 Å². The van der Waals surface area contributed by atoms with Crippen LogP contribution in [0.4, 0.5) is 5.95 Å². The number of quaternary nitrogens is 1. The molecule has 2 aromatic heterocycles. The van der Waals surface area contributed by atoms with Crippen LogP contribution in [-0.4, -0.2) is 71.7 Å². The second-order valence-corrected chi connectivity index (χ2v) is 9.78. The van der Waals surface area contributed by atoms with E-state index in [9.17, 15) is 8.42 Å². The fourth-order valence-corrected chi connectivity index (χ4v) is 6.18. The summed E-state index contributed by atoms with van der Waals surface area (Å²) in [7, 11) is -3.47. The lowest BCUT2D eigenvalue weighted by atomic mass is 10.2. The second-order valence-electron chi connectivity index (χ2n) is 7.91. The molecule has 0 spiro atoms. The van der Waals surface area contributed by atoms with Gasteiger partial charge in [-0.3, -0.25) is 0 Å². The highest BCUT2D eigenvalue weighted by molar-refractivity contribution is 7.89. The molecule has 2 saturated heterocycles. The second kappa shape index (κ2) is 8.37. The summed E-state index contributed by atoms with van der Waals surface area (Å²) in [5.74, 6) is 0.771. The number of hydrogen-bond acceptors (Lipinski definition) is 6. The first kappa shape index (κ1) is 20.2. The molecule has 9 nitrogen and oxygen atoms in total. The minimum atomic E-state index is -3.47. The summed E-state index contributed by atoms with van der Waals surface area (Å²) < 4.78 is 29.9. The SMILES string of the molecule is Cc1nn(C[NH+]2CCN(c3ncccn3)CC2)c(C)c1S(=O)(=O)N1CCCCC1. The van der Waals surface area contributed by atoms with Crippen LogP contribution >= 0.6 is 0 Å². The summed E-state index contributed by atoms with van der Waals surface area (Å²) in [6, 6.07) is 1.82. The molecule has 4 heterocycles. The van der Waals surface area contributed by atoms with Crippen molar-refractivity contribution in [2.75, 3.05) is 44.2 Å². The largest absolute Gasteiger partial charge is 0.330 e. The van der Waals surface area contributed by atoms with Gasteiger partial charge in [-0.1, -0.05) is 6.42 Å². The number of rotatable bonds is 5. The fraction of sp³-hybridized carbons (Fsp3) is 0.632. The number of piperazine rings is 1. The molecule has 0 amide bonds. The number of nitrogens with one attached hydrogen (secondary N) is 1. The van der Waals surface area contributed by atoms with Crippen molar-refractivity contribution in [3.05, 3.63) is 29.8 Å². The first-order chi connectivity index (χ1) is 14.0. The maximum Gasteiger partial charge on any atom is 0.246 e. The lowest BCUT2D eigenvalue weighted by Crippen LogP contribution is -3.14. The average Bonchev–Trinajstić information content (AvgIpc) is 3.03. The Kier molecular flexibility index (Phi) is 5.84. The van der Waals surface area contributed by atoms with Gasteiger partial charge >= 0.3 is 0 Å². The van der Waals surface area contributed by atoms with Gasteiger partial charge in [0.25, 0.3) is 0 Å². The lowest BCUT2D eigenvalue weighted by Gasteiger charge is -2.32. The van der Waals surface area contributed by atoms with Crippen molar-refractivity contribution in [1.82, 2.24) is 24.1 Å². The molecule has 2 fully saturated rings. The standard InChI is InChI=1S/C19H29N7O2S/c1-16-18(29(27,28)25-9-4-3-5-10-25)17(2)26(22-16)15-23-11-13-24(14-12-23)19-20-7-6-8-21-19/h6-8H,3-5,9-15H2,1-2H3/p+1. The van der Waals surface area contributed by atoms with Gasteiger partial charge in [-0.25, -0.2) is 23.1 Å². The topological polar surface area (TPSA) is 88.7 Å². The number of aromatic nitrogens is 4. The third-order valence-electron chi connectivity index (χ3n) is 5.91. The Morgan fingerprint density at radius 1 is 1.00 bits per heavy atom. The highest BCUT2D eigenvalue weighted by Gasteiger charge is 2.32. The molecule has 2 aliphatic heterocycles. The number of nitrogens with zero attached hydrogens (tertiary/aromatic N) is 6. The van der Waals surface area contributed by atoms with Crippen LogP contribution in [-0.2, 0) is 16.7 Å². The van der Waals surface area contributed by atoms with Gasteiger partial charge in [-0.05, 0) is 32.8 Å². The maximum absolute atomic E-state index is 13.2. The van der Waals surface area contributed by atoms with E-state index in [0.717, 1.165) is 57.1 Å². The normalized spacial score (nSPS) is 19.6. The quantitative estimate of drug-likeness (QED) is 0.722. The molecule has 4 rings (SSSR count). The number of aryl methyl sites for hydroxylation is 1. The van der Waals surface area contributed by atoms with Crippen molar-refractivity contribution < 1.29 is 13.3 Å². The predicted octanol–water partition coefficient (Wildman–Crippen LogP) is -0.173. The van der Waals surface area contributed by atoms with Crippen molar-refractivity contribution in [3.63, 3.8) is 0 Å². The van der Waals surface area contributed by atoms with E-state index in [4.69, 9.17) is 0 Å². The Morgan fingerprint density at radius 3 is 2.31 bits per heavy atom. The van der Waals surface area contributed by atoms with Crippen molar-refractivity contribution >= 4 is 16.0 Å². The molecule has 0 aromatic carbocycles. The summed E-state index contributed by atoms with van der Waals surface area (Å²) in [5.41, 5.74) is 1.35. The molecule has 0 unspecified atom stereocenters. The molecule has 10 heteroatoms. The molecular formula is C19H30N7O2S+. The summed E-state index contributed by atoms with van der Waals surface area (Å²) in [6.45, 7) is 9.20. The molecule has 0 bridgehead atoms. The third kappa shape index (κ3) is 4.15. The molecule has 0 atom stereocenters. The van der Waals surface area contributed by atoms with Gasteiger partial charge in [0.15, 0.2) is 6.67 Å². The zero-order valence-electron chi connectivity index (χ0n) is 17.2. The summed E-state index contributed by atoms with van der Waals surface area (Å²) in [4.78, 5) is 12.6. The van der Waals surface area contributed by atoms with Gasteiger partial charge in [0.05, 0.1) is 37.6 Å². The number of anilines is 1. The van der Waals surface area contributed by atoms with E-state index >= 15 is 0 Å². The summed E-state index contributed by atoms with van der Waals surface area (Å²) >= 11 is 0.